The molecule has 0 aliphatic rings. The molecule has 2 aromatic heterocycles. The Morgan fingerprint density at radius 1 is 1.10 bits per heavy atom. The number of aliphatic hydroxyl groups excluding tert-OH is 1. The van der Waals surface area contributed by atoms with Crippen LogP contribution in [0.25, 0.3) is 33.9 Å². The minimum Gasteiger partial charge on any atom is -0.503 e. The topological polar surface area (TPSA) is 113 Å². The third-order valence-electron chi connectivity index (χ3n) is 4.41. The van der Waals surface area contributed by atoms with Crippen molar-refractivity contribution < 1.29 is 14.4 Å². The lowest BCUT2D eigenvalue weighted by Gasteiger charge is -2.00. The molecule has 0 saturated carbocycles. The first-order valence-corrected chi connectivity index (χ1v) is 10.5. The standard InChI is InChI=1S/C22H12BrN3O4S/c23-15-5-1-13(2-6-15)18-12-31-22(25-18)17(11-24)21(27)20-10-9-19(30-20)14-3-7-16(8-4-14)26(28)29/h1-10,12,27H. The number of aliphatic hydroxyl groups is 1. The minimum absolute atomic E-state index is 0.00189. The molecule has 0 fully saturated rings. The molecule has 31 heavy (non-hydrogen) atoms. The normalized spacial score (nSPS) is 11.6. The highest BCUT2D eigenvalue weighted by atomic mass is 79.9. The van der Waals surface area contributed by atoms with Crippen molar-refractivity contribution in [3.05, 3.63) is 91.4 Å². The second kappa shape index (κ2) is 8.55. The van der Waals surface area contributed by atoms with Gasteiger partial charge in [-0.3, -0.25) is 10.1 Å². The number of furan rings is 1. The van der Waals surface area contributed by atoms with Crippen molar-refractivity contribution in [3.63, 3.8) is 0 Å². The molecule has 4 rings (SSSR count). The number of nitro benzene ring substituents is 1. The van der Waals surface area contributed by atoms with E-state index >= 15 is 0 Å². The van der Waals surface area contributed by atoms with Gasteiger partial charge in [0.2, 0.25) is 0 Å². The van der Waals surface area contributed by atoms with Crippen molar-refractivity contribution in [3.8, 4) is 28.7 Å². The largest absolute Gasteiger partial charge is 0.503 e. The molecule has 0 bridgehead atoms. The fourth-order valence-electron chi connectivity index (χ4n) is 2.83. The highest BCUT2D eigenvalue weighted by Gasteiger charge is 2.18. The Morgan fingerprint density at radius 3 is 2.42 bits per heavy atom. The van der Waals surface area contributed by atoms with Crippen LogP contribution >= 0.6 is 27.3 Å². The number of nitrogens with zero attached hydrogens (tertiary/aromatic N) is 3. The van der Waals surface area contributed by atoms with Crippen LogP contribution in [0.2, 0.25) is 0 Å². The molecule has 4 aromatic rings. The summed E-state index contributed by atoms with van der Waals surface area (Å²) in [5.41, 5.74) is 2.16. The molecule has 2 heterocycles. The lowest BCUT2D eigenvalue weighted by atomic mass is 10.1. The molecule has 0 aliphatic heterocycles. The molecule has 152 valence electrons. The zero-order valence-electron chi connectivity index (χ0n) is 15.7. The van der Waals surface area contributed by atoms with Gasteiger partial charge in [-0.2, -0.15) is 5.26 Å². The number of aromatic nitrogens is 1. The summed E-state index contributed by atoms with van der Waals surface area (Å²) in [5, 5.41) is 33.3. The lowest BCUT2D eigenvalue weighted by Crippen LogP contribution is -1.89. The van der Waals surface area contributed by atoms with Gasteiger partial charge in [0.15, 0.2) is 11.5 Å². The number of nitriles is 1. The van der Waals surface area contributed by atoms with E-state index in [4.69, 9.17) is 4.42 Å². The first-order valence-electron chi connectivity index (χ1n) is 8.86. The molecule has 0 unspecified atom stereocenters. The lowest BCUT2D eigenvalue weighted by molar-refractivity contribution is -0.384. The van der Waals surface area contributed by atoms with Gasteiger partial charge in [-0.25, -0.2) is 4.98 Å². The van der Waals surface area contributed by atoms with Crippen molar-refractivity contribution in [1.29, 1.82) is 5.26 Å². The number of halogens is 1. The molecular weight excluding hydrogens is 482 g/mol. The summed E-state index contributed by atoms with van der Waals surface area (Å²) < 4.78 is 6.63. The predicted octanol–water partition coefficient (Wildman–Crippen LogP) is 6.69. The highest BCUT2D eigenvalue weighted by molar-refractivity contribution is 9.10. The van der Waals surface area contributed by atoms with Crippen LogP contribution in [-0.2, 0) is 0 Å². The number of nitro groups is 1. The maximum atomic E-state index is 10.8. The van der Waals surface area contributed by atoms with Crippen molar-refractivity contribution in [1.82, 2.24) is 4.98 Å². The van der Waals surface area contributed by atoms with Gasteiger partial charge in [-0.15, -0.1) is 11.3 Å². The van der Waals surface area contributed by atoms with Crippen LogP contribution < -0.4 is 0 Å². The van der Waals surface area contributed by atoms with Gasteiger partial charge < -0.3 is 9.52 Å². The molecule has 0 amide bonds. The van der Waals surface area contributed by atoms with Crippen LogP contribution in [0.4, 0.5) is 5.69 Å². The van der Waals surface area contributed by atoms with Crippen molar-refractivity contribution in [2.75, 3.05) is 0 Å². The fourth-order valence-corrected chi connectivity index (χ4v) is 3.92. The third kappa shape index (κ3) is 4.26. The molecular formula is C22H12BrN3O4S. The molecule has 0 spiro atoms. The van der Waals surface area contributed by atoms with Gasteiger partial charge in [-0.05, 0) is 36.4 Å². The number of hydrogen-bond acceptors (Lipinski definition) is 7. The summed E-state index contributed by atoms with van der Waals surface area (Å²) in [7, 11) is 0. The third-order valence-corrected chi connectivity index (χ3v) is 5.80. The van der Waals surface area contributed by atoms with E-state index in [0.29, 0.717) is 22.0 Å². The number of hydrogen-bond donors (Lipinski definition) is 1. The Kier molecular flexibility index (Phi) is 5.66. The van der Waals surface area contributed by atoms with Gasteiger partial charge in [0.1, 0.15) is 22.4 Å². The SMILES string of the molecule is N#CC(=C(O)c1ccc(-c2ccc([N+](=O)[O-])cc2)o1)c1nc(-c2ccc(Br)cc2)cs1. The smallest absolute Gasteiger partial charge is 0.269 e. The first kappa shape index (κ1) is 20.5. The Morgan fingerprint density at radius 2 is 1.77 bits per heavy atom. The number of thiazole rings is 1. The van der Waals surface area contributed by atoms with E-state index in [9.17, 15) is 20.5 Å². The maximum Gasteiger partial charge on any atom is 0.269 e. The van der Waals surface area contributed by atoms with E-state index in [1.807, 2.05) is 35.7 Å². The average molecular weight is 494 g/mol. The number of benzene rings is 2. The van der Waals surface area contributed by atoms with Gasteiger partial charge in [0.25, 0.3) is 5.69 Å². The van der Waals surface area contributed by atoms with E-state index in [-0.39, 0.29) is 22.8 Å². The fraction of sp³-hybridized carbons (Fsp3) is 0. The van der Waals surface area contributed by atoms with Gasteiger partial charge in [-0.1, -0.05) is 28.1 Å². The zero-order valence-corrected chi connectivity index (χ0v) is 18.1. The van der Waals surface area contributed by atoms with Gasteiger partial charge in [0.05, 0.1) is 10.6 Å². The van der Waals surface area contributed by atoms with E-state index in [1.165, 1.54) is 29.5 Å². The molecule has 1 N–H and O–H groups in total. The number of rotatable bonds is 5. The summed E-state index contributed by atoms with van der Waals surface area (Å²) in [5.74, 6) is 0.182. The van der Waals surface area contributed by atoms with E-state index < -0.39 is 4.92 Å². The Bertz CT molecular complexity index is 1330. The molecule has 0 aliphatic carbocycles. The first-order chi connectivity index (χ1) is 15.0. The van der Waals surface area contributed by atoms with Crippen LogP contribution in [0, 0.1) is 21.4 Å². The Hall–Kier alpha value is -3.74. The predicted molar refractivity (Wildman–Crippen MR) is 121 cm³/mol. The summed E-state index contributed by atoms with van der Waals surface area (Å²) in [6.07, 6.45) is 0. The maximum absolute atomic E-state index is 10.8. The second-order valence-corrected chi connectivity index (χ2v) is 8.12. The van der Waals surface area contributed by atoms with Crippen LogP contribution in [0.15, 0.2) is 74.9 Å². The van der Waals surface area contributed by atoms with Crippen molar-refractivity contribution in [2.24, 2.45) is 0 Å². The molecule has 9 heteroatoms. The van der Waals surface area contributed by atoms with Crippen molar-refractivity contribution in [2.45, 2.75) is 0 Å². The number of non-ortho nitro benzene ring substituents is 1. The molecule has 2 aromatic carbocycles. The van der Waals surface area contributed by atoms with Crippen LogP contribution in [-0.4, -0.2) is 15.0 Å². The molecule has 0 saturated heterocycles. The van der Waals surface area contributed by atoms with Crippen LogP contribution in [0.3, 0.4) is 0 Å². The molecule has 0 atom stereocenters. The number of allylic oxidation sites excluding steroid dienone is 1. The van der Waals surface area contributed by atoms with E-state index in [2.05, 4.69) is 20.9 Å². The Labute approximate surface area is 188 Å². The van der Waals surface area contributed by atoms with E-state index in [1.54, 1.807) is 18.2 Å². The summed E-state index contributed by atoms with van der Waals surface area (Å²) in [4.78, 5) is 14.8. The van der Waals surface area contributed by atoms with Gasteiger partial charge in [0, 0.05) is 33.1 Å². The van der Waals surface area contributed by atoms with Gasteiger partial charge >= 0.3 is 0 Å². The minimum atomic E-state index is -0.484. The average Bonchev–Trinajstić information content (AvgIpc) is 3.45. The van der Waals surface area contributed by atoms with Crippen LogP contribution in [0.5, 0.6) is 0 Å². The van der Waals surface area contributed by atoms with Crippen LogP contribution in [0.1, 0.15) is 10.8 Å². The quantitative estimate of drug-likeness (QED) is 0.143. The monoisotopic (exact) mass is 493 g/mol. The summed E-state index contributed by atoms with van der Waals surface area (Å²) in [6.45, 7) is 0. The Balaban J connectivity index is 1.65. The summed E-state index contributed by atoms with van der Waals surface area (Å²) in [6, 6.07) is 18.6. The second-order valence-electron chi connectivity index (χ2n) is 6.35. The summed E-state index contributed by atoms with van der Waals surface area (Å²) >= 11 is 4.63. The van der Waals surface area contributed by atoms with Crippen molar-refractivity contribution >= 4 is 44.3 Å². The molecule has 0 radical (unpaired) electrons. The molecule has 7 nitrogen and oxygen atoms in total. The zero-order chi connectivity index (χ0) is 22.0. The highest BCUT2D eigenvalue weighted by Crippen LogP contribution is 2.33. The van der Waals surface area contributed by atoms with E-state index in [0.717, 1.165) is 10.0 Å².